The summed E-state index contributed by atoms with van der Waals surface area (Å²) in [6.45, 7) is 3.98. The van der Waals surface area contributed by atoms with Crippen LogP contribution < -0.4 is 10.1 Å². The fourth-order valence-corrected chi connectivity index (χ4v) is 3.73. The van der Waals surface area contributed by atoms with E-state index in [1.807, 2.05) is 0 Å². The quantitative estimate of drug-likeness (QED) is 0.572. The average Bonchev–Trinajstić information content (AvgIpc) is 3.13. The number of hydrogen-bond donors (Lipinski definition) is 3. The number of carbonyl (C=O) groups excluding carboxylic acids is 1. The molecule has 1 aliphatic heterocycles. The number of benzene rings is 1. The van der Waals surface area contributed by atoms with Gasteiger partial charge in [0.1, 0.15) is 12.1 Å². The molecule has 0 atom stereocenters. The van der Waals surface area contributed by atoms with Gasteiger partial charge in [-0.3, -0.25) is 9.69 Å². The second-order valence-corrected chi connectivity index (χ2v) is 7.42. The molecule has 1 aliphatic rings. The molecule has 0 unspecified atom stereocenters. The van der Waals surface area contributed by atoms with Gasteiger partial charge in [0.05, 0.1) is 11.3 Å². The molecule has 0 radical (unpaired) electrons. The van der Waals surface area contributed by atoms with Crippen molar-refractivity contribution in [3.8, 4) is 11.6 Å². The summed E-state index contributed by atoms with van der Waals surface area (Å²) in [6, 6.07) is 7.25. The number of aromatic nitrogens is 3. The van der Waals surface area contributed by atoms with Crippen LogP contribution in [0.15, 0.2) is 36.8 Å². The summed E-state index contributed by atoms with van der Waals surface area (Å²) in [5.74, 6) is -0.0744. The highest BCUT2D eigenvalue weighted by Crippen LogP contribution is 2.27. The number of piperidine rings is 1. The van der Waals surface area contributed by atoms with E-state index in [-0.39, 0.29) is 17.5 Å². The van der Waals surface area contributed by atoms with Crippen LogP contribution in [0.25, 0.3) is 10.9 Å². The summed E-state index contributed by atoms with van der Waals surface area (Å²) in [4.78, 5) is 36.3. The minimum absolute atomic E-state index is 0.0133. The molecule has 3 heterocycles. The third kappa shape index (κ3) is 4.57. The maximum Gasteiger partial charge on any atom is 0.337 e. The molecule has 3 aromatic rings. The van der Waals surface area contributed by atoms with Crippen molar-refractivity contribution in [2.75, 3.05) is 13.1 Å². The Kier molecular flexibility index (Phi) is 5.62. The molecule has 1 fully saturated rings. The number of fused-ring (bicyclic) bond motifs is 1. The standard InChI is InChI=1S/C21H23N5O4/c1-13(27)25-14-4-6-26(7-5-14)11-15-8-20(24-12-23-15)30-16-2-3-19-17(9-16)18(10-22-19)21(28)29/h2-3,8-10,12,14,22H,4-7,11H2,1H3,(H,25,27)(H,28,29). The topological polar surface area (TPSA) is 120 Å². The van der Waals surface area contributed by atoms with Gasteiger partial charge in [-0.2, -0.15) is 0 Å². The number of amides is 1. The number of carboxylic acid groups (broad SMARTS) is 1. The lowest BCUT2D eigenvalue weighted by molar-refractivity contribution is -0.120. The molecule has 1 amide bonds. The Bertz CT molecular complexity index is 1070. The number of ether oxygens (including phenoxy) is 1. The maximum absolute atomic E-state index is 11.3. The van der Waals surface area contributed by atoms with Crippen LogP contribution in [0.3, 0.4) is 0 Å². The maximum atomic E-state index is 11.3. The largest absolute Gasteiger partial charge is 0.478 e. The van der Waals surface area contributed by atoms with Gasteiger partial charge in [-0.15, -0.1) is 0 Å². The summed E-state index contributed by atoms with van der Waals surface area (Å²) >= 11 is 0. The normalized spacial score (nSPS) is 15.2. The van der Waals surface area contributed by atoms with E-state index in [1.165, 1.54) is 12.5 Å². The van der Waals surface area contributed by atoms with Crippen LogP contribution in [-0.2, 0) is 11.3 Å². The van der Waals surface area contributed by atoms with E-state index in [2.05, 4.69) is 25.2 Å². The number of likely N-dealkylation sites (tertiary alicyclic amines) is 1. The van der Waals surface area contributed by atoms with Crippen LogP contribution >= 0.6 is 0 Å². The fraction of sp³-hybridized carbons (Fsp3) is 0.333. The van der Waals surface area contributed by atoms with Gasteiger partial charge in [-0.05, 0) is 31.0 Å². The molecule has 30 heavy (non-hydrogen) atoms. The lowest BCUT2D eigenvalue weighted by atomic mass is 10.0. The zero-order valence-corrected chi connectivity index (χ0v) is 16.6. The smallest absolute Gasteiger partial charge is 0.337 e. The first kappa shape index (κ1) is 19.8. The molecule has 4 rings (SSSR count). The molecule has 0 bridgehead atoms. The number of nitrogens with zero attached hydrogens (tertiary/aromatic N) is 3. The van der Waals surface area contributed by atoms with Crippen molar-refractivity contribution in [2.24, 2.45) is 0 Å². The molecule has 3 N–H and O–H groups in total. The number of carboxylic acids is 1. The predicted molar refractivity (Wildman–Crippen MR) is 109 cm³/mol. The highest BCUT2D eigenvalue weighted by atomic mass is 16.5. The molecular formula is C21H23N5O4. The van der Waals surface area contributed by atoms with E-state index in [0.717, 1.165) is 37.1 Å². The van der Waals surface area contributed by atoms with E-state index >= 15 is 0 Å². The Balaban J connectivity index is 1.41. The highest BCUT2D eigenvalue weighted by Gasteiger charge is 2.20. The first-order valence-corrected chi connectivity index (χ1v) is 9.80. The van der Waals surface area contributed by atoms with E-state index in [9.17, 15) is 14.7 Å². The van der Waals surface area contributed by atoms with Crippen molar-refractivity contribution in [3.05, 3.63) is 48.0 Å². The summed E-state index contributed by atoms with van der Waals surface area (Å²) in [5, 5.41) is 12.9. The van der Waals surface area contributed by atoms with E-state index in [1.54, 1.807) is 31.2 Å². The average molecular weight is 409 g/mol. The van der Waals surface area contributed by atoms with Crippen LogP contribution in [-0.4, -0.2) is 56.0 Å². The van der Waals surface area contributed by atoms with Gasteiger partial charge >= 0.3 is 5.97 Å². The number of aromatic carboxylic acids is 1. The van der Waals surface area contributed by atoms with Crippen molar-refractivity contribution in [1.29, 1.82) is 0 Å². The lowest BCUT2D eigenvalue weighted by Gasteiger charge is -2.31. The van der Waals surface area contributed by atoms with E-state index in [4.69, 9.17) is 4.74 Å². The minimum Gasteiger partial charge on any atom is -0.478 e. The van der Waals surface area contributed by atoms with Crippen molar-refractivity contribution < 1.29 is 19.4 Å². The Hall–Kier alpha value is -3.46. The van der Waals surface area contributed by atoms with Gasteiger partial charge in [-0.25, -0.2) is 14.8 Å². The molecule has 156 valence electrons. The Morgan fingerprint density at radius 2 is 2.07 bits per heavy atom. The van der Waals surface area contributed by atoms with E-state index in [0.29, 0.717) is 23.6 Å². The SMILES string of the molecule is CC(=O)NC1CCN(Cc2cc(Oc3ccc4[nH]cc(C(=O)O)c4c3)ncn2)CC1. The summed E-state index contributed by atoms with van der Waals surface area (Å²) in [5.41, 5.74) is 1.76. The van der Waals surface area contributed by atoms with Gasteiger partial charge in [0, 0.05) is 55.8 Å². The molecule has 9 nitrogen and oxygen atoms in total. The Morgan fingerprint density at radius 3 is 2.80 bits per heavy atom. The Morgan fingerprint density at radius 1 is 1.27 bits per heavy atom. The van der Waals surface area contributed by atoms with Crippen molar-refractivity contribution >= 4 is 22.8 Å². The van der Waals surface area contributed by atoms with Gasteiger partial charge < -0.3 is 20.1 Å². The van der Waals surface area contributed by atoms with Crippen LogP contribution in [0.5, 0.6) is 11.6 Å². The number of carbonyl (C=O) groups is 2. The minimum atomic E-state index is -0.995. The zero-order valence-electron chi connectivity index (χ0n) is 16.6. The molecule has 1 saturated heterocycles. The van der Waals surface area contributed by atoms with Crippen molar-refractivity contribution in [2.45, 2.75) is 32.4 Å². The number of hydrogen-bond acceptors (Lipinski definition) is 6. The van der Waals surface area contributed by atoms with Crippen LogP contribution in [0.1, 0.15) is 35.8 Å². The van der Waals surface area contributed by atoms with Crippen molar-refractivity contribution in [1.82, 2.24) is 25.2 Å². The summed E-state index contributed by atoms with van der Waals surface area (Å²) < 4.78 is 5.86. The zero-order chi connectivity index (χ0) is 21.1. The third-order valence-electron chi connectivity index (χ3n) is 5.19. The molecule has 2 aromatic heterocycles. The van der Waals surface area contributed by atoms with E-state index < -0.39 is 5.97 Å². The lowest BCUT2D eigenvalue weighted by Crippen LogP contribution is -2.43. The van der Waals surface area contributed by atoms with Crippen LogP contribution in [0.4, 0.5) is 0 Å². The monoisotopic (exact) mass is 409 g/mol. The Labute approximate surface area is 173 Å². The molecule has 0 saturated carbocycles. The number of aromatic amines is 1. The second-order valence-electron chi connectivity index (χ2n) is 7.42. The molecular weight excluding hydrogens is 386 g/mol. The summed E-state index contributed by atoms with van der Waals surface area (Å²) in [6.07, 6.45) is 4.76. The van der Waals surface area contributed by atoms with Crippen LogP contribution in [0.2, 0.25) is 0 Å². The number of rotatable bonds is 6. The number of nitrogens with one attached hydrogen (secondary N) is 2. The van der Waals surface area contributed by atoms with Gasteiger partial charge in [-0.1, -0.05) is 0 Å². The van der Waals surface area contributed by atoms with Crippen LogP contribution in [0, 0.1) is 0 Å². The first-order chi connectivity index (χ1) is 14.5. The number of H-pyrrole nitrogens is 1. The first-order valence-electron chi connectivity index (χ1n) is 9.80. The van der Waals surface area contributed by atoms with Gasteiger partial charge in [0.2, 0.25) is 11.8 Å². The van der Waals surface area contributed by atoms with Gasteiger partial charge in [0.25, 0.3) is 0 Å². The molecule has 0 aliphatic carbocycles. The molecule has 1 aromatic carbocycles. The predicted octanol–water partition coefficient (Wildman–Crippen LogP) is 2.55. The molecule has 9 heteroatoms. The second kappa shape index (κ2) is 8.50. The molecule has 0 spiro atoms. The van der Waals surface area contributed by atoms with Gasteiger partial charge in [0.15, 0.2) is 0 Å². The van der Waals surface area contributed by atoms with Crippen molar-refractivity contribution in [3.63, 3.8) is 0 Å². The highest BCUT2D eigenvalue weighted by molar-refractivity contribution is 6.03. The fourth-order valence-electron chi connectivity index (χ4n) is 3.73. The third-order valence-corrected chi connectivity index (χ3v) is 5.19. The summed E-state index contributed by atoms with van der Waals surface area (Å²) in [7, 11) is 0.